The Bertz CT molecular complexity index is 1200. The number of benzene rings is 2. The smallest absolute Gasteiger partial charge is 0.266 e. The van der Waals surface area contributed by atoms with Crippen molar-refractivity contribution in [3.05, 3.63) is 100 Å². The van der Waals surface area contributed by atoms with Crippen LogP contribution in [0.3, 0.4) is 0 Å². The van der Waals surface area contributed by atoms with Crippen molar-refractivity contribution in [2.24, 2.45) is 9.98 Å². The summed E-state index contributed by atoms with van der Waals surface area (Å²) < 4.78 is 0.758. The van der Waals surface area contributed by atoms with Gasteiger partial charge < -0.3 is 10.5 Å². The Kier molecular flexibility index (Phi) is 4.39. The first-order chi connectivity index (χ1) is 14.6. The maximum Gasteiger partial charge on any atom is 0.266 e. The molecular weight excluding hydrogens is 376 g/mol. The van der Waals surface area contributed by atoms with Crippen LogP contribution in [0.2, 0.25) is 0 Å². The maximum atomic E-state index is 12.8. The van der Waals surface area contributed by atoms with Crippen molar-refractivity contribution in [3.63, 3.8) is 0 Å². The first-order valence-electron chi connectivity index (χ1n) is 9.91. The Labute approximate surface area is 174 Å². The van der Waals surface area contributed by atoms with Crippen LogP contribution in [0.4, 0.5) is 5.69 Å². The van der Waals surface area contributed by atoms with Gasteiger partial charge in [-0.1, -0.05) is 36.4 Å². The van der Waals surface area contributed by atoms with Crippen molar-refractivity contribution in [1.29, 1.82) is 0 Å². The molecule has 148 valence electrons. The van der Waals surface area contributed by atoms with Crippen LogP contribution < -0.4 is 10.0 Å². The summed E-state index contributed by atoms with van der Waals surface area (Å²) in [5.41, 5.74) is 7.35. The van der Waals surface area contributed by atoms with Gasteiger partial charge in [0.15, 0.2) is 12.4 Å². The number of nitrogens with one attached hydrogen (secondary N) is 1. The van der Waals surface area contributed by atoms with Crippen molar-refractivity contribution >= 4 is 23.0 Å². The number of rotatable bonds is 4. The van der Waals surface area contributed by atoms with Gasteiger partial charge in [0.05, 0.1) is 24.0 Å². The number of fused-ring (bicyclic) bond motifs is 2. The monoisotopic (exact) mass is 396 g/mol. The van der Waals surface area contributed by atoms with E-state index in [2.05, 4.69) is 21.4 Å². The molecule has 6 heteroatoms. The highest BCUT2D eigenvalue weighted by Crippen LogP contribution is 2.34. The summed E-state index contributed by atoms with van der Waals surface area (Å²) in [6.07, 6.45) is 3.46. The summed E-state index contributed by atoms with van der Waals surface area (Å²) in [6.45, 7) is 2.56. The van der Waals surface area contributed by atoms with E-state index in [9.17, 15) is 10.0 Å². The molecule has 5 rings (SSSR count). The van der Waals surface area contributed by atoms with Gasteiger partial charge in [-0.3, -0.25) is 9.79 Å². The van der Waals surface area contributed by atoms with E-state index in [0.29, 0.717) is 18.7 Å². The largest absolute Gasteiger partial charge is 0.619 e. The number of hydrogen-bond donors (Lipinski definition) is 1. The highest BCUT2D eigenvalue weighted by Gasteiger charge is 2.26. The number of pyridine rings is 1. The average molecular weight is 396 g/mol. The lowest BCUT2D eigenvalue weighted by molar-refractivity contribution is -0.605. The quantitative estimate of drug-likeness (QED) is 0.543. The topological polar surface area (TPSA) is 80.8 Å². The predicted molar refractivity (Wildman–Crippen MR) is 115 cm³/mol. The van der Waals surface area contributed by atoms with Crippen molar-refractivity contribution in [3.8, 4) is 0 Å². The summed E-state index contributed by atoms with van der Waals surface area (Å²) in [4.78, 5) is 22.0. The summed E-state index contributed by atoms with van der Waals surface area (Å²) in [7, 11) is 0. The minimum atomic E-state index is -0.139. The van der Waals surface area contributed by atoms with E-state index in [-0.39, 0.29) is 11.9 Å². The lowest BCUT2D eigenvalue weighted by Crippen LogP contribution is -2.33. The highest BCUT2D eigenvalue weighted by molar-refractivity contribution is 6.41. The van der Waals surface area contributed by atoms with Crippen LogP contribution in [0.15, 0.2) is 77.0 Å². The normalized spacial score (nSPS) is 15.1. The SMILES string of the molecule is C[C@@H](NC(=O)C1=Nc2cc3c(cc2C1)CN=C3c1cc[n+]([O-])cc1)c1ccccc1. The lowest BCUT2D eigenvalue weighted by atomic mass is 9.97. The molecule has 0 spiro atoms. The molecule has 30 heavy (non-hydrogen) atoms. The molecule has 1 N–H and O–H groups in total. The standard InChI is InChI=1S/C24H20N4O2/c1-15(16-5-3-2-4-6-16)26-24(29)22-12-18-11-19-14-25-23(20(19)13-21(18)27-22)17-7-9-28(30)10-8-17/h2-11,13,15H,12,14H2,1H3,(H,26,29)/t15-/m1/s1. The predicted octanol–water partition coefficient (Wildman–Crippen LogP) is 3.18. The Morgan fingerprint density at radius 3 is 2.63 bits per heavy atom. The van der Waals surface area contributed by atoms with E-state index < -0.39 is 0 Å². The number of nitrogens with zero attached hydrogens (tertiary/aromatic N) is 3. The molecule has 1 aromatic heterocycles. The molecule has 3 heterocycles. The minimum absolute atomic E-state index is 0.0873. The summed E-state index contributed by atoms with van der Waals surface area (Å²) >= 11 is 0. The number of amides is 1. The van der Waals surface area contributed by atoms with Crippen LogP contribution in [-0.2, 0) is 17.8 Å². The molecule has 0 fully saturated rings. The zero-order chi connectivity index (χ0) is 20.7. The third-order valence-electron chi connectivity index (χ3n) is 5.57. The molecule has 1 atom stereocenters. The minimum Gasteiger partial charge on any atom is -0.619 e. The molecule has 0 saturated heterocycles. The van der Waals surface area contributed by atoms with Gasteiger partial charge >= 0.3 is 0 Å². The second-order valence-electron chi connectivity index (χ2n) is 7.59. The number of carbonyl (C=O) groups excluding carboxylic acids is 1. The lowest BCUT2D eigenvalue weighted by Gasteiger charge is -2.14. The molecule has 0 aliphatic carbocycles. The van der Waals surface area contributed by atoms with E-state index in [0.717, 1.165) is 43.9 Å². The van der Waals surface area contributed by atoms with Crippen LogP contribution in [0.5, 0.6) is 0 Å². The van der Waals surface area contributed by atoms with Crippen LogP contribution in [0.1, 0.15) is 40.8 Å². The van der Waals surface area contributed by atoms with Gasteiger partial charge in [-0.25, -0.2) is 4.99 Å². The van der Waals surface area contributed by atoms with E-state index in [4.69, 9.17) is 0 Å². The van der Waals surface area contributed by atoms with E-state index >= 15 is 0 Å². The fraction of sp³-hybridized carbons (Fsp3) is 0.167. The zero-order valence-electron chi connectivity index (χ0n) is 16.5. The van der Waals surface area contributed by atoms with Gasteiger partial charge in [-0.15, -0.1) is 0 Å². The Morgan fingerprint density at radius 1 is 1.10 bits per heavy atom. The number of aliphatic imine (C=N–C) groups is 2. The van der Waals surface area contributed by atoms with Crippen molar-refractivity contribution < 1.29 is 9.52 Å². The molecule has 0 bridgehead atoms. The Morgan fingerprint density at radius 2 is 1.87 bits per heavy atom. The molecule has 2 aromatic carbocycles. The van der Waals surface area contributed by atoms with Gasteiger partial charge in [0.25, 0.3) is 5.91 Å². The van der Waals surface area contributed by atoms with Gasteiger partial charge in [0.2, 0.25) is 0 Å². The fourth-order valence-electron chi connectivity index (χ4n) is 3.95. The summed E-state index contributed by atoms with van der Waals surface area (Å²) in [6, 6.07) is 17.4. The molecule has 3 aromatic rings. The second-order valence-corrected chi connectivity index (χ2v) is 7.59. The fourth-order valence-corrected chi connectivity index (χ4v) is 3.95. The van der Waals surface area contributed by atoms with Crippen molar-refractivity contribution in [2.75, 3.05) is 0 Å². The molecule has 1 amide bonds. The van der Waals surface area contributed by atoms with Gasteiger partial charge in [0.1, 0.15) is 5.71 Å². The number of carbonyl (C=O) groups is 1. The Balaban J connectivity index is 1.37. The second kappa shape index (κ2) is 7.22. The van der Waals surface area contributed by atoms with Gasteiger partial charge in [0, 0.05) is 29.7 Å². The molecular formula is C24H20N4O2. The molecule has 6 nitrogen and oxygen atoms in total. The van der Waals surface area contributed by atoms with Crippen LogP contribution in [0.25, 0.3) is 0 Å². The highest BCUT2D eigenvalue weighted by atomic mass is 16.5. The molecule has 2 aliphatic rings. The van der Waals surface area contributed by atoms with Gasteiger partial charge in [-0.2, -0.15) is 4.73 Å². The van der Waals surface area contributed by atoms with Crippen LogP contribution >= 0.6 is 0 Å². The van der Waals surface area contributed by atoms with Crippen LogP contribution in [0, 0.1) is 5.21 Å². The number of hydrogen-bond acceptors (Lipinski definition) is 4. The van der Waals surface area contributed by atoms with E-state index in [1.54, 1.807) is 12.1 Å². The average Bonchev–Trinajstić information content (AvgIpc) is 3.37. The maximum absolute atomic E-state index is 12.8. The van der Waals surface area contributed by atoms with E-state index in [1.165, 1.54) is 12.4 Å². The molecule has 0 radical (unpaired) electrons. The van der Waals surface area contributed by atoms with Crippen LogP contribution in [-0.4, -0.2) is 17.3 Å². The van der Waals surface area contributed by atoms with E-state index in [1.807, 2.05) is 43.3 Å². The first-order valence-corrected chi connectivity index (χ1v) is 9.91. The zero-order valence-corrected chi connectivity index (χ0v) is 16.5. The third-order valence-corrected chi connectivity index (χ3v) is 5.57. The molecule has 2 aliphatic heterocycles. The van der Waals surface area contributed by atoms with Gasteiger partial charge in [-0.05, 0) is 29.7 Å². The van der Waals surface area contributed by atoms with Crippen molar-refractivity contribution in [1.82, 2.24) is 5.32 Å². The van der Waals surface area contributed by atoms with Crippen molar-refractivity contribution in [2.45, 2.75) is 25.9 Å². The molecule has 0 unspecified atom stereocenters. The molecule has 0 saturated carbocycles. The first kappa shape index (κ1) is 18.2. The summed E-state index contributed by atoms with van der Waals surface area (Å²) in [5.74, 6) is -0.139. The number of aromatic nitrogens is 1. The third kappa shape index (κ3) is 3.26. The summed E-state index contributed by atoms with van der Waals surface area (Å²) in [5, 5.41) is 14.4. The Hall–Kier alpha value is -3.80.